The Bertz CT molecular complexity index is 506. The first kappa shape index (κ1) is 22.1. The Morgan fingerprint density at radius 1 is 1.15 bits per heavy atom. The van der Waals surface area contributed by atoms with Crippen LogP contribution in [0.2, 0.25) is 0 Å². The molecule has 9 atom stereocenters. The lowest BCUT2D eigenvalue weighted by molar-refractivity contribution is -0.331. The van der Waals surface area contributed by atoms with Gasteiger partial charge in [-0.15, -0.1) is 0 Å². The smallest absolute Gasteiger partial charge is 0.335 e. The molecule has 27 heavy (non-hydrogen) atoms. The van der Waals surface area contributed by atoms with Gasteiger partial charge in [0.1, 0.15) is 36.8 Å². The second-order valence-corrected chi connectivity index (χ2v) is 6.15. The minimum absolute atomic E-state index is 0.0966. The molecule has 0 aromatic carbocycles. The van der Waals surface area contributed by atoms with Crippen molar-refractivity contribution in [2.24, 2.45) is 0 Å². The largest absolute Gasteiger partial charge is 0.479 e. The van der Waals surface area contributed by atoms with Crippen molar-refractivity contribution >= 4 is 12.3 Å². The minimum Gasteiger partial charge on any atom is -0.479 e. The van der Waals surface area contributed by atoms with E-state index in [0.29, 0.717) is 6.29 Å². The van der Waals surface area contributed by atoms with E-state index in [2.05, 4.69) is 5.32 Å². The van der Waals surface area contributed by atoms with Gasteiger partial charge in [0.2, 0.25) is 0 Å². The van der Waals surface area contributed by atoms with Crippen LogP contribution in [0, 0.1) is 0 Å². The first-order valence-corrected chi connectivity index (χ1v) is 8.27. The van der Waals surface area contributed by atoms with Gasteiger partial charge in [-0.2, -0.15) is 0 Å². The molecule has 0 radical (unpaired) electrons. The number of nitrogens with one attached hydrogen (secondary N) is 1. The van der Waals surface area contributed by atoms with Crippen molar-refractivity contribution in [3.05, 3.63) is 0 Å². The van der Waals surface area contributed by atoms with E-state index < -0.39 is 61.2 Å². The van der Waals surface area contributed by atoms with Gasteiger partial charge in [0, 0.05) is 14.2 Å². The van der Waals surface area contributed by atoms with Gasteiger partial charge in [0.25, 0.3) is 0 Å². The Morgan fingerprint density at radius 3 is 2.41 bits per heavy atom. The van der Waals surface area contributed by atoms with Crippen molar-refractivity contribution in [1.82, 2.24) is 5.32 Å². The normalized spacial score (nSPS) is 42.6. The lowest BCUT2D eigenvalue weighted by Gasteiger charge is -2.45. The van der Waals surface area contributed by atoms with E-state index in [9.17, 15) is 30.0 Å². The third-order valence-corrected chi connectivity index (χ3v) is 4.48. The van der Waals surface area contributed by atoms with Gasteiger partial charge in [0.15, 0.2) is 18.7 Å². The number of carboxylic acid groups (broad SMARTS) is 1. The molecule has 2 fully saturated rings. The van der Waals surface area contributed by atoms with Crippen LogP contribution < -0.4 is 5.32 Å². The standard InChI is InChI=1S/C15H25NO11/c1-23-11-8(19)9(20)15(27-12(11)13(21)22)26-10-6(18)5-25-14(24-2)7(10)16-3-4-17/h4,6-12,14-16,18-20H,3,5H2,1-2H3,(H,21,22). The average Bonchev–Trinajstić information content (AvgIpc) is 2.65. The van der Waals surface area contributed by atoms with Gasteiger partial charge in [0.05, 0.1) is 19.2 Å². The number of aldehydes is 1. The van der Waals surface area contributed by atoms with E-state index in [1.54, 1.807) is 0 Å². The number of ether oxygens (including phenoxy) is 5. The van der Waals surface area contributed by atoms with Gasteiger partial charge < -0.3 is 54.2 Å². The maximum Gasteiger partial charge on any atom is 0.335 e. The Morgan fingerprint density at radius 2 is 1.85 bits per heavy atom. The molecule has 12 nitrogen and oxygen atoms in total. The van der Waals surface area contributed by atoms with Crippen LogP contribution in [0.15, 0.2) is 0 Å². The first-order chi connectivity index (χ1) is 12.8. The predicted octanol–water partition coefficient (Wildman–Crippen LogP) is -3.56. The molecule has 2 aliphatic heterocycles. The van der Waals surface area contributed by atoms with Crippen molar-refractivity contribution < 1.29 is 53.7 Å². The van der Waals surface area contributed by atoms with E-state index in [1.807, 2.05) is 0 Å². The van der Waals surface area contributed by atoms with Crippen molar-refractivity contribution in [3.8, 4) is 0 Å². The second-order valence-electron chi connectivity index (χ2n) is 6.15. The topological polar surface area (TPSA) is 173 Å². The molecule has 2 aliphatic rings. The quantitative estimate of drug-likeness (QED) is 0.256. The molecular weight excluding hydrogens is 370 g/mol. The van der Waals surface area contributed by atoms with E-state index in [4.69, 9.17) is 23.7 Å². The monoisotopic (exact) mass is 395 g/mol. The van der Waals surface area contributed by atoms with Crippen LogP contribution in [0.4, 0.5) is 0 Å². The minimum atomic E-state index is -1.65. The number of methoxy groups -OCH3 is 2. The third kappa shape index (κ3) is 4.80. The summed E-state index contributed by atoms with van der Waals surface area (Å²) < 4.78 is 26.2. The molecular formula is C15H25NO11. The highest BCUT2D eigenvalue weighted by atomic mass is 16.7. The number of carbonyl (C=O) groups is 2. The van der Waals surface area contributed by atoms with E-state index in [1.165, 1.54) is 14.2 Å². The van der Waals surface area contributed by atoms with E-state index >= 15 is 0 Å². The van der Waals surface area contributed by atoms with Gasteiger partial charge >= 0.3 is 5.97 Å². The lowest BCUT2D eigenvalue weighted by Crippen LogP contribution is -2.66. The van der Waals surface area contributed by atoms with Crippen molar-refractivity contribution in [3.63, 3.8) is 0 Å². The molecule has 0 bridgehead atoms. The summed E-state index contributed by atoms with van der Waals surface area (Å²) in [5, 5.41) is 42.7. The lowest BCUT2D eigenvalue weighted by atomic mass is 9.97. The third-order valence-electron chi connectivity index (χ3n) is 4.48. The highest BCUT2D eigenvalue weighted by Crippen LogP contribution is 2.28. The van der Waals surface area contributed by atoms with Crippen molar-refractivity contribution in [2.75, 3.05) is 27.4 Å². The first-order valence-electron chi connectivity index (χ1n) is 8.27. The molecule has 2 saturated heterocycles. The number of rotatable bonds is 8. The summed E-state index contributed by atoms with van der Waals surface area (Å²) in [7, 11) is 2.53. The molecule has 0 spiro atoms. The fourth-order valence-corrected chi connectivity index (χ4v) is 3.14. The van der Waals surface area contributed by atoms with Crippen molar-refractivity contribution in [1.29, 1.82) is 0 Å². The number of hydrogen-bond donors (Lipinski definition) is 5. The SMILES string of the molecule is COC1OCC(O)C(OC2OC(C(=O)O)C(OC)C(O)C2O)C1NCC=O. The number of carboxylic acids is 1. The average molecular weight is 395 g/mol. The number of hydrogen-bond acceptors (Lipinski definition) is 11. The molecule has 9 unspecified atom stereocenters. The molecule has 2 heterocycles. The van der Waals surface area contributed by atoms with Crippen LogP contribution in [0.25, 0.3) is 0 Å². The summed E-state index contributed by atoms with van der Waals surface area (Å²) >= 11 is 0. The van der Waals surface area contributed by atoms with Crippen LogP contribution >= 0.6 is 0 Å². The Hall–Kier alpha value is -1.22. The Kier molecular flexibility index (Phi) is 8.03. The van der Waals surface area contributed by atoms with Gasteiger partial charge in [-0.05, 0) is 0 Å². The number of aliphatic hydroxyl groups excluding tert-OH is 3. The van der Waals surface area contributed by atoms with Crippen LogP contribution in [0.1, 0.15) is 0 Å². The summed E-state index contributed by atoms with van der Waals surface area (Å²) in [4.78, 5) is 22.1. The summed E-state index contributed by atoms with van der Waals surface area (Å²) in [5.74, 6) is -1.42. The molecule has 0 aliphatic carbocycles. The number of aliphatic hydroxyl groups is 3. The predicted molar refractivity (Wildman–Crippen MR) is 84.6 cm³/mol. The van der Waals surface area contributed by atoms with Gasteiger partial charge in [-0.25, -0.2) is 4.79 Å². The zero-order valence-corrected chi connectivity index (χ0v) is 14.8. The fraction of sp³-hybridized carbons (Fsp3) is 0.867. The molecule has 0 saturated carbocycles. The zero-order valence-electron chi connectivity index (χ0n) is 14.8. The second kappa shape index (κ2) is 9.82. The van der Waals surface area contributed by atoms with Crippen LogP contribution in [-0.4, -0.2) is 115 Å². The molecule has 5 N–H and O–H groups in total. The molecule has 0 aromatic rings. The van der Waals surface area contributed by atoms with Crippen LogP contribution in [-0.2, 0) is 33.3 Å². The molecule has 156 valence electrons. The highest BCUT2D eigenvalue weighted by Gasteiger charge is 2.51. The van der Waals surface area contributed by atoms with E-state index in [-0.39, 0.29) is 13.2 Å². The maximum atomic E-state index is 11.4. The Balaban J connectivity index is 2.19. The zero-order chi connectivity index (χ0) is 20.1. The van der Waals surface area contributed by atoms with Gasteiger partial charge in [-0.1, -0.05) is 0 Å². The molecule has 0 aromatic heterocycles. The number of aliphatic carboxylic acids is 1. The highest BCUT2D eigenvalue weighted by molar-refractivity contribution is 5.73. The van der Waals surface area contributed by atoms with Crippen LogP contribution in [0.5, 0.6) is 0 Å². The van der Waals surface area contributed by atoms with Crippen LogP contribution in [0.3, 0.4) is 0 Å². The van der Waals surface area contributed by atoms with E-state index in [0.717, 1.165) is 0 Å². The Labute approximate surface area is 154 Å². The fourth-order valence-electron chi connectivity index (χ4n) is 3.14. The summed E-state index contributed by atoms with van der Waals surface area (Å²) in [6.07, 6.45) is -10.3. The number of carbonyl (C=O) groups excluding carboxylic acids is 1. The van der Waals surface area contributed by atoms with Gasteiger partial charge in [-0.3, -0.25) is 0 Å². The maximum absolute atomic E-state index is 11.4. The summed E-state index contributed by atoms with van der Waals surface area (Å²) in [5.41, 5.74) is 0. The molecule has 12 heteroatoms. The summed E-state index contributed by atoms with van der Waals surface area (Å²) in [6.45, 7) is -0.266. The summed E-state index contributed by atoms with van der Waals surface area (Å²) in [6, 6.07) is -0.833. The van der Waals surface area contributed by atoms with Crippen molar-refractivity contribution in [2.45, 2.75) is 55.2 Å². The molecule has 2 rings (SSSR count). The molecule has 0 amide bonds.